The van der Waals surface area contributed by atoms with E-state index in [1.165, 1.54) is 0 Å². The lowest BCUT2D eigenvalue weighted by Crippen LogP contribution is -2.42. The Morgan fingerprint density at radius 3 is 2.92 bits per heavy atom. The van der Waals surface area contributed by atoms with Gasteiger partial charge in [0.05, 0.1) is 12.6 Å². The predicted molar refractivity (Wildman–Crippen MR) is 52.5 cm³/mol. The second kappa shape index (κ2) is 5.21. The van der Waals surface area contributed by atoms with Crippen molar-refractivity contribution >= 4 is 0 Å². The van der Waals surface area contributed by atoms with Crippen LogP contribution in [0.3, 0.4) is 0 Å². The van der Waals surface area contributed by atoms with Crippen molar-refractivity contribution in [3.63, 3.8) is 0 Å². The van der Waals surface area contributed by atoms with Gasteiger partial charge in [0.15, 0.2) is 0 Å². The first kappa shape index (κ1) is 10.5. The van der Waals surface area contributed by atoms with Gasteiger partial charge in [-0.2, -0.15) is 0 Å². The zero-order chi connectivity index (χ0) is 9.68. The quantitative estimate of drug-likeness (QED) is 0.600. The Balaban J connectivity index is 2.56. The van der Waals surface area contributed by atoms with Gasteiger partial charge >= 0.3 is 0 Å². The lowest BCUT2D eigenvalue weighted by Gasteiger charge is -2.29. The molecule has 0 amide bonds. The number of rotatable bonds is 2. The van der Waals surface area contributed by atoms with Gasteiger partial charge in [-0.15, -0.1) is 0 Å². The molecule has 0 aromatic carbocycles. The first-order chi connectivity index (χ1) is 6.25. The standard InChI is InChI=1S/C10H18N2O/c1-9(2)12-5-7-13-6-4-10(12)8-11-3/h9-10H,4-8H2,1-2H3/t10-/m1/s1. The molecule has 13 heavy (non-hydrogen) atoms. The minimum Gasteiger partial charge on any atom is -0.380 e. The molecule has 1 rings (SSSR count). The zero-order valence-corrected chi connectivity index (χ0v) is 8.49. The Hall–Kier alpha value is -0.590. The van der Waals surface area contributed by atoms with E-state index in [2.05, 4.69) is 23.6 Å². The molecule has 0 spiro atoms. The summed E-state index contributed by atoms with van der Waals surface area (Å²) in [5, 5.41) is 0. The summed E-state index contributed by atoms with van der Waals surface area (Å²) in [5.41, 5.74) is 0. The van der Waals surface area contributed by atoms with Crippen molar-refractivity contribution in [2.45, 2.75) is 32.4 Å². The lowest BCUT2D eigenvalue weighted by atomic mass is 10.1. The summed E-state index contributed by atoms with van der Waals surface area (Å²) in [4.78, 5) is 5.87. The van der Waals surface area contributed by atoms with Crippen molar-refractivity contribution in [2.75, 3.05) is 26.3 Å². The van der Waals surface area contributed by atoms with Crippen molar-refractivity contribution in [2.24, 2.45) is 0 Å². The van der Waals surface area contributed by atoms with E-state index in [4.69, 9.17) is 11.3 Å². The van der Waals surface area contributed by atoms with Gasteiger partial charge in [-0.25, -0.2) is 6.57 Å². The van der Waals surface area contributed by atoms with Crippen LogP contribution in [0.1, 0.15) is 20.3 Å². The molecular formula is C10H18N2O. The molecule has 74 valence electrons. The molecule has 0 N–H and O–H groups in total. The summed E-state index contributed by atoms with van der Waals surface area (Å²) in [6, 6.07) is 0.924. The molecule has 0 aromatic heterocycles. The van der Waals surface area contributed by atoms with Crippen LogP contribution in [-0.2, 0) is 4.74 Å². The summed E-state index contributed by atoms with van der Waals surface area (Å²) < 4.78 is 5.41. The maximum absolute atomic E-state index is 6.90. The molecule has 0 unspecified atom stereocenters. The molecule has 3 nitrogen and oxygen atoms in total. The second-order valence-corrected chi connectivity index (χ2v) is 3.73. The highest BCUT2D eigenvalue weighted by Crippen LogP contribution is 2.12. The summed E-state index contributed by atoms with van der Waals surface area (Å²) >= 11 is 0. The summed E-state index contributed by atoms with van der Waals surface area (Å²) in [6.45, 7) is 14.5. The molecule has 1 atom stereocenters. The number of ether oxygens (including phenoxy) is 1. The third-order valence-electron chi connectivity index (χ3n) is 2.52. The van der Waals surface area contributed by atoms with Gasteiger partial charge in [-0.05, 0) is 20.3 Å². The number of hydrogen-bond donors (Lipinski definition) is 0. The number of hydrogen-bond acceptors (Lipinski definition) is 2. The van der Waals surface area contributed by atoms with E-state index in [0.717, 1.165) is 26.2 Å². The van der Waals surface area contributed by atoms with E-state index in [1.54, 1.807) is 0 Å². The van der Waals surface area contributed by atoms with Gasteiger partial charge in [0.25, 0.3) is 0 Å². The van der Waals surface area contributed by atoms with Crippen LogP contribution in [-0.4, -0.2) is 43.3 Å². The summed E-state index contributed by atoms with van der Waals surface area (Å²) in [7, 11) is 0. The Morgan fingerprint density at radius 1 is 1.54 bits per heavy atom. The van der Waals surface area contributed by atoms with Crippen molar-refractivity contribution in [1.29, 1.82) is 0 Å². The highest BCUT2D eigenvalue weighted by molar-refractivity contribution is 4.82. The van der Waals surface area contributed by atoms with Crippen LogP contribution in [0.5, 0.6) is 0 Å². The average Bonchev–Trinajstić information content (AvgIpc) is 2.30. The molecule has 0 aliphatic carbocycles. The maximum Gasteiger partial charge on any atom is 0.230 e. The van der Waals surface area contributed by atoms with Crippen molar-refractivity contribution in [3.8, 4) is 0 Å². The van der Waals surface area contributed by atoms with E-state index in [1.807, 2.05) is 0 Å². The fraction of sp³-hybridized carbons (Fsp3) is 0.900. The van der Waals surface area contributed by atoms with Crippen LogP contribution < -0.4 is 0 Å². The van der Waals surface area contributed by atoms with E-state index in [0.29, 0.717) is 18.6 Å². The van der Waals surface area contributed by atoms with Crippen LogP contribution >= 0.6 is 0 Å². The smallest absolute Gasteiger partial charge is 0.230 e. The van der Waals surface area contributed by atoms with E-state index in [-0.39, 0.29) is 0 Å². The van der Waals surface area contributed by atoms with Gasteiger partial charge in [-0.1, -0.05) is 0 Å². The second-order valence-electron chi connectivity index (χ2n) is 3.73. The number of nitrogens with zero attached hydrogens (tertiary/aromatic N) is 2. The van der Waals surface area contributed by atoms with Crippen LogP contribution in [0, 0.1) is 6.57 Å². The van der Waals surface area contributed by atoms with Crippen LogP contribution in [0.4, 0.5) is 0 Å². The van der Waals surface area contributed by atoms with Gasteiger partial charge in [-0.3, -0.25) is 4.90 Å². The Bertz CT molecular complexity index is 186. The van der Waals surface area contributed by atoms with Crippen LogP contribution in [0.25, 0.3) is 4.85 Å². The van der Waals surface area contributed by atoms with Crippen molar-refractivity contribution in [3.05, 3.63) is 11.4 Å². The normalized spacial score (nSPS) is 25.5. The highest BCUT2D eigenvalue weighted by Gasteiger charge is 2.25. The molecule has 1 saturated heterocycles. The van der Waals surface area contributed by atoms with Crippen LogP contribution in [0.2, 0.25) is 0 Å². The Morgan fingerprint density at radius 2 is 2.31 bits per heavy atom. The van der Waals surface area contributed by atoms with Crippen molar-refractivity contribution < 1.29 is 4.74 Å². The van der Waals surface area contributed by atoms with Gasteiger partial charge in [0.2, 0.25) is 6.54 Å². The van der Waals surface area contributed by atoms with Gasteiger partial charge in [0, 0.05) is 19.2 Å². The van der Waals surface area contributed by atoms with E-state index < -0.39 is 0 Å². The fourth-order valence-electron chi connectivity index (χ4n) is 1.82. The molecule has 1 heterocycles. The van der Waals surface area contributed by atoms with E-state index in [9.17, 15) is 0 Å². The molecule has 0 aromatic rings. The molecule has 1 aliphatic heterocycles. The third-order valence-corrected chi connectivity index (χ3v) is 2.52. The maximum atomic E-state index is 6.90. The van der Waals surface area contributed by atoms with Gasteiger partial charge in [0.1, 0.15) is 0 Å². The molecule has 0 saturated carbocycles. The highest BCUT2D eigenvalue weighted by atomic mass is 16.5. The minimum absolute atomic E-state index is 0.403. The third kappa shape index (κ3) is 2.98. The zero-order valence-electron chi connectivity index (χ0n) is 8.49. The van der Waals surface area contributed by atoms with E-state index >= 15 is 0 Å². The first-order valence-electron chi connectivity index (χ1n) is 4.92. The molecular weight excluding hydrogens is 164 g/mol. The topological polar surface area (TPSA) is 16.8 Å². The summed E-state index contributed by atoms with van der Waals surface area (Å²) in [5.74, 6) is 0. The summed E-state index contributed by atoms with van der Waals surface area (Å²) in [6.07, 6.45) is 1.00. The SMILES string of the molecule is [C-]#[N+]C[C@H]1CCOCCN1C(C)C. The largest absolute Gasteiger partial charge is 0.380 e. The monoisotopic (exact) mass is 182 g/mol. The average molecular weight is 182 g/mol. The molecule has 1 aliphatic rings. The first-order valence-corrected chi connectivity index (χ1v) is 4.92. The molecule has 0 radical (unpaired) electrons. The molecule has 3 heteroatoms. The van der Waals surface area contributed by atoms with Crippen LogP contribution in [0.15, 0.2) is 0 Å². The Kier molecular flexibility index (Phi) is 4.20. The van der Waals surface area contributed by atoms with Gasteiger partial charge < -0.3 is 9.58 Å². The molecule has 0 bridgehead atoms. The lowest BCUT2D eigenvalue weighted by molar-refractivity contribution is 0.131. The Labute approximate surface area is 80.5 Å². The van der Waals surface area contributed by atoms with Crippen molar-refractivity contribution in [1.82, 2.24) is 4.90 Å². The predicted octanol–water partition coefficient (Wildman–Crippen LogP) is 1.40. The molecule has 1 fully saturated rings. The fourth-order valence-corrected chi connectivity index (χ4v) is 1.82. The minimum atomic E-state index is 0.403.